The number of rotatable bonds is 3. The SMILES string of the molecule is CC(C)(C)C(=O)Nc1cccc(NC(=O)C(C)(C)C)c1NC(=O)C(C)(C)C. The Balaban J connectivity index is 3.37. The van der Waals surface area contributed by atoms with Crippen molar-refractivity contribution in [2.45, 2.75) is 62.3 Å². The van der Waals surface area contributed by atoms with E-state index >= 15 is 0 Å². The van der Waals surface area contributed by atoms with Gasteiger partial charge in [0.05, 0.1) is 17.1 Å². The Morgan fingerprint density at radius 1 is 0.593 bits per heavy atom. The van der Waals surface area contributed by atoms with Crippen LogP contribution in [0.25, 0.3) is 0 Å². The van der Waals surface area contributed by atoms with E-state index in [0.29, 0.717) is 17.1 Å². The Bertz CT molecular complexity index is 686. The van der Waals surface area contributed by atoms with E-state index < -0.39 is 16.2 Å². The minimum absolute atomic E-state index is 0.187. The molecule has 1 rings (SSSR count). The molecule has 0 unspecified atom stereocenters. The number of amides is 3. The molecule has 0 saturated carbocycles. The van der Waals surface area contributed by atoms with Gasteiger partial charge in [-0.2, -0.15) is 0 Å². The maximum atomic E-state index is 12.6. The van der Waals surface area contributed by atoms with Crippen molar-refractivity contribution in [2.75, 3.05) is 16.0 Å². The Kier molecular flexibility index (Phi) is 6.47. The molecular formula is C21H33N3O3. The van der Waals surface area contributed by atoms with Crippen molar-refractivity contribution in [1.82, 2.24) is 0 Å². The highest BCUT2D eigenvalue weighted by Crippen LogP contribution is 2.34. The second-order valence-corrected chi connectivity index (χ2v) is 9.84. The van der Waals surface area contributed by atoms with Gasteiger partial charge in [0, 0.05) is 16.2 Å². The summed E-state index contributed by atoms with van der Waals surface area (Å²) < 4.78 is 0. The Labute approximate surface area is 162 Å². The molecule has 0 radical (unpaired) electrons. The summed E-state index contributed by atoms with van der Waals surface area (Å²) in [5.41, 5.74) is -0.565. The fourth-order valence-electron chi connectivity index (χ4n) is 1.82. The number of carbonyl (C=O) groups is 3. The van der Waals surface area contributed by atoms with Gasteiger partial charge in [-0.3, -0.25) is 14.4 Å². The molecule has 0 saturated heterocycles. The topological polar surface area (TPSA) is 87.3 Å². The predicted octanol–water partition coefficient (Wildman–Crippen LogP) is 4.64. The minimum Gasteiger partial charge on any atom is -0.324 e. The Morgan fingerprint density at radius 2 is 0.889 bits per heavy atom. The lowest BCUT2D eigenvalue weighted by Crippen LogP contribution is -2.32. The molecular weight excluding hydrogens is 342 g/mol. The molecule has 1 aromatic rings. The molecule has 0 heterocycles. The van der Waals surface area contributed by atoms with E-state index in [2.05, 4.69) is 16.0 Å². The molecule has 0 aliphatic carbocycles. The second kappa shape index (κ2) is 7.71. The first kappa shape index (κ1) is 22.7. The van der Waals surface area contributed by atoms with Crippen molar-refractivity contribution >= 4 is 34.8 Å². The van der Waals surface area contributed by atoms with Gasteiger partial charge < -0.3 is 16.0 Å². The van der Waals surface area contributed by atoms with Crippen LogP contribution >= 0.6 is 0 Å². The average Bonchev–Trinajstić information content (AvgIpc) is 2.47. The molecule has 27 heavy (non-hydrogen) atoms. The Morgan fingerprint density at radius 3 is 1.19 bits per heavy atom. The van der Waals surface area contributed by atoms with Gasteiger partial charge >= 0.3 is 0 Å². The van der Waals surface area contributed by atoms with Crippen LogP contribution in [-0.2, 0) is 14.4 Å². The molecule has 0 fully saturated rings. The van der Waals surface area contributed by atoms with Crippen LogP contribution in [0, 0.1) is 16.2 Å². The van der Waals surface area contributed by atoms with E-state index in [0.717, 1.165) is 0 Å². The third-order valence-corrected chi connectivity index (χ3v) is 3.84. The fourth-order valence-corrected chi connectivity index (χ4v) is 1.82. The van der Waals surface area contributed by atoms with Crippen LogP contribution in [0.1, 0.15) is 62.3 Å². The molecule has 3 N–H and O–H groups in total. The zero-order valence-corrected chi connectivity index (χ0v) is 18.0. The highest BCUT2D eigenvalue weighted by molar-refractivity contribution is 6.08. The first-order valence-corrected chi connectivity index (χ1v) is 9.11. The highest BCUT2D eigenvalue weighted by Gasteiger charge is 2.28. The van der Waals surface area contributed by atoms with Gasteiger partial charge in [0.2, 0.25) is 17.7 Å². The molecule has 150 valence electrons. The van der Waals surface area contributed by atoms with Crippen LogP contribution in [0.3, 0.4) is 0 Å². The molecule has 0 aliphatic heterocycles. The van der Waals surface area contributed by atoms with E-state index in [-0.39, 0.29) is 17.7 Å². The van der Waals surface area contributed by atoms with Gasteiger partial charge in [0.25, 0.3) is 0 Å². The zero-order valence-electron chi connectivity index (χ0n) is 18.0. The number of para-hydroxylation sites is 1. The largest absolute Gasteiger partial charge is 0.324 e. The van der Waals surface area contributed by atoms with Crippen molar-refractivity contribution in [1.29, 1.82) is 0 Å². The van der Waals surface area contributed by atoms with Crippen molar-refractivity contribution in [3.05, 3.63) is 18.2 Å². The Hall–Kier alpha value is -2.37. The van der Waals surface area contributed by atoms with Crippen molar-refractivity contribution in [2.24, 2.45) is 16.2 Å². The first-order chi connectivity index (χ1) is 12.0. The summed E-state index contributed by atoms with van der Waals surface area (Å²) in [5, 5.41) is 8.57. The summed E-state index contributed by atoms with van der Waals surface area (Å²) in [6.45, 7) is 16.2. The molecule has 3 amide bonds. The highest BCUT2D eigenvalue weighted by atomic mass is 16.2. The van der Waals surface area contributed by atoms with Crippen molar-refractivity contribution in [3.8, 4) is 0 Å². The van der Waals surface area contributed by atoms with Crippen LogP contribution in [0.15, 0.2) is 18.2 Å². The number of hydrogen-bond donors (Lipinski definition) is 3. The quantitative estimate of drug-likeness (QED) is 0.719. The summed E-state index contributed by atoms with van der Waals surface area (Å²) in [4.78, 5) is 37.5. The third-order valence-electron chi connectivity index (χ3n) is 3.84. The number of nitrogens with one attached hydrogen (secondary N) is 3. The second-order valence-electron chi connectivity index (χ2n) is 9.84. The van der Waals surface area contributed by atoms with Crippen molar-refractivity contribution < 1.29 is 14.4 Å². The van der Waals surface area contributed by atoms with Gasteiger partial charge in [-0.05, 0) is 12.1 Å². The van der Waals surface area contributed by atoms with Gasteiger partial charge in [0.15, 0.2) is 0 Å². The van der Waals surface area contributed by atoms with Crippen molar-refractivity contribution in [3.63, 3.8) is 0 Å². The zero-order chi connectivity index (χ0) is 21.2. The lowest BCUT2D eigenvalue weighted by Gasteiger charge is -2.25. The van der Waals surface area contributed by atoms with E-state index in [1.165, 1.54) is 0 Å². The van der Waals surface area contributed by atoms with Crippen LogP contribution in [-0.4, -0.2) is 17.7 Å². The smallest absolute Gasteiger partial charge is 0.229 e. The summed E-state index contributed by atoms with van der Waals surface area (Å²) in [5.74, 6) is -0.590. The summed E-state index contributed by atoms with van der Waals surface area (Å²) in [6.07, 6.45) is 0. The maximum absolute atomic E-state index is 12.6. The normalized spacial score (nSPS) is 12.3. The van der Waals surface area contributed by atoms with Crippen LogP contribution in [0.2, 0.25) is 0 Å². The fraction of sp³-hybridized carbons (Fsp3) is 0.571. The molecule has 6 heteroatoms. The van der Waals surface area contributed by atoms with Crippen LogP contribution < -0.4 is 16.0 Å². The number of anilines is 3. The van der Waals surface area contributed by atoms with Gasteiger partial charge in [-0.1, -0.05) is 68.4 Å². The summed E-state index contributed by atoms with van der Waals surface area (Å²) in [7, 11) is 0. The van der Waals surface area contributed by atoms with E-state index in [1.807, 2.05) is 0 Å². The van der Waals surface area contributed by atoms with E-state index in [1.54, 1.807) is 80.5 Å². The lowest BCUT2D eigenvalue weighted by atomic mass is 9.94. The number of benzene rings is 1. The monoisotopic (exact) mass is 375 g/mol. The molecule has 0 aromatic heterocycles. The van der Waals surface area contributed by atoms with Gasteiger partial charge in [0.1, 0.15) is 0 Å². The standard InChI is InChI=1S/C21H33N3O3/c1-19(2,3)16(25)22-13-11-10-12-14(23-17(26)20(4,5)6)15(13)24-18(27)21(7,8)9/h10-12H,1-9H3,(H,22,25)(H,23,26)(H,24,27). The van der Waals surface area contributed by atoms with Gasteiger partial charge in [-0.25, -0.2) is 0 Å². The average molecular weight is 376 g/mol. The molecule has 0 bridgehead atoms. The summed E-state index contributed by atoms with van der Waals surface area (Å²) in [6, 6.07) is 5.13. The van der Waals surface area contributed by atoms with E-state index in [9.17, 15) is 14.4 Å². The molecule has 1 aromatic carbocycles. The number of hydrogen-bond acceptors (Lipinski definition) is 3. The third kappa shape index (κ3) is 6.38. The predicted molar refractivity (Wildman–Crippen MR) is 111 cm³/mol. The molecule has 0 spiro atoms. The van der Waals surface area contributed by atoms with Crippen LogP contribution in [0.4, 0.5) is 17.1 Å². The summed E-state index contributed by atoms with van der Waals surface area (Å²) >= 11 is 0. The van der Waals surface area contributed by atoms with Gasteiger partial charge in [-0.15, -0.1) is 0 Å². The first-order valence-electron chi connectivity index (χ1n) is 9.11. The minimum atomic E-state index is -0.632. The van der Waals surface area contributed by atoms with E-state index in [4.69, 9.17) is 0 Å². The molecule has 0 atom stereocenters. The number of carbonyl (C=O) groups excluding carboxylic acids is 3. The lowest BCUT2D eigenvalue weighted by molar-refractivity contribution is -0.124. The maximum Gasteiger partial charge on any atom is 0.229 e. The molecule has 6 nitrogen and oxygen atoms in total. The molecule has 0 aliphatic rings. The van der Waals surface area contributed by atoms with Crippen LogP contribution in [0.5, 0.6) is 0 Å².